The molecule has 2 saturated carbocycles. The van der Waals surface area contributed by atoms with Crippen LogP contribution in [0.3, 0.4) is 0 Å². The van der Waals surface area contributed by atoms with E-state index in [4.69, 9.17) is 46.3 Å². The number of ether oxygens (including phenoxy) is 4. The molecule has 230 valence electrons. The molecule has 3 rings (SSSR count). The van der Waals surface area contributed by atoms with Crippen molar-refractivity contribution in [1.82, 2.24) is 5.32 Å². The van der Waals surface area contributed by atoms with Crippen LogP contribution in [0.2, 0.25) is 10.0 Å². The van der Waals surface area contributed by atoms with Gasteiger partial charge >= 0.3 is 18.0 Å². The molecule has 6 atom stereocenters. The lowest BCUT2D eigenvalue weighted by atomic mass is 9.86. The van der Waals surface area contributed by atoms with Crippen molar-refractivity contribution in [2.45, 2.75) is 103 Å². The number of benzene rings is 1. The first-order chi connectivity index (χ1) is 18.7. The smallest absolute Gasteiger partial charge is 0.408 e. The van der Waals surface area contributed by atoms with E-state index in [-0.39, 0.29) is 6.61 Å². The second-order valence-electron chi connectivity index (χ2n) is 13.4. The van der Waals surface area contributed by atoms with Gasteiger partial charge in [-0.15, -0.1) is 0 Å². The molecule has 0 aromatic heterocycles. The quantitative estimate of drug-likeness (QED) is 0.198. The van der Waals surface area contributed by atoms with Crippen molar-refractivity contribution in [1.29, 1.82) is 0 Å². The van der Waals surface area contributed by atoms with Gasteiger partial charge in [0, 0.05) is 18.1 Å². The summed E-state index contributed by atoms with van der Waals surface area (Å²) in [5, 5.41) is 3.53. The Balaban J connectivity index is 2.12. The van der Waals surface area contributed by atoms with E-state index in [1.54, 1.807) is 86.8 Å². The average Bonchev–Trinajstić information content (AvgIpc) is 3.46. The predicted octanol–water partition coefficient (Wildman–Crippen LogP) is 6.36. The molecule has 12 heteroatoms. The Morgan fingerprint density at radius 3 is 2.00 bits per heavy atom. The fraction of sp³-hybridized carbons (Fsp3) is 0.690. The number of halogens is 2. The van der Waals surface area contributed by atoms with Crippen LogP contribution < -0.4 is 5.32 Å². The van der Waals surface area contributed by atoms with Crippen molar-refractivity contribution in [2.75, 3.05) is 6.26 Å². The molecule has 0 spiro atoms. The molecular formula is C29H41Cl2NO8S. The molecule has 1 aromatic rings. The third-order valence-electron chi connectivity index (χ3n) is 6.47. The van der Waals surface area contributed by atoms with Crippen LogP contribution in [0.5, 0.6) is 0 Å². The third kappa shape index (κ3) is 8.02. The van der Waals surface area contributed by atoms with Gasteiger partial charge in [0.15, 0.2) is 5.54 Å². The number of fused-ring (bicyclic) bond motifs is 1. The number of hydrogen-bond acceptors (Lipinski definition) is 9. The van der Waals surface area contributed by atoms with Gasteiger partial charge in [0.1, 0.15) is 29.0 Å². The van der Waals surface area contributed by atoms with Crippen LogP contribution in [-0.2, 0) is 39.3 Å². The van der Waals surface area contributed by atoms with Gasteiger partial charge in [0.25, 0.3) is 0 Å². The molecule has 2 aliphatic rings. The van der Waals surface area contributed by atoms with Crippen molar-refractivity contribution in [2.24, 2.45) is 17.8 Å². The Kier molecular flexibility index (Phi) is 9.98. The maximum atomic E-state index is 14.2. The molecule has 1 amide bonds. The summed E-state index contributed by atoms with van der Waals surface area (Å²) in [5.74, 6) is -3.25. The summed E-state index contributed by atoms with van der Waals surface area (Å²) in [6.45, 7) is 15.6. The Labute approximate surface area is 256 Å². The van der Waals surface area contributed by atoms with E-state index in [9.17, 15) is 14.4 Å². The highest BCUT2D eigenvalue weighted by Crippen LogP contribution is 2.65. The lowest BCUT2D eigenvalue weighted by Crippen LogP contribution is -2.67. The molecule has 0 saturated heterocycles. The van der Waals surface area contributed by atoms with Crippen molar-refractivity contribution in [3.8, 4) is 0 Å². The molecule has 0 radical (unpaired) electrons. The Bertz CT molecular complexity index is 1160. The molecule has 0 aliphatic heterocycles. The van der Waals surface area contributed by atoms with Crippen LogP contribution >= 0.6 is 35.2 Å². The summed E-state index contributed by atoms with van der Waals surface area (Å²) in [7, 11) is 0. The zero-order chi connectivity index (χ0) is 31.1. The average molecular weight is 635 g/mol. The second-order valence-corrected chi connectivity index (χ2v) is 14.7. The number of alkyl carbamates (subject to hydrolysis) is 1. The summed E-state index contributed by atoms with van der Waals surface area (Å²) in [4.78, 5) is 41.0. The molecule has 0 heterocycles. The van der Waals surface area contributed by atoms with Crippen molar-refractivity contribution in [3.05, 3.63) is 33.8 Å². The summed E-state index contributed by atoms with van der Waals surface area (Å²) in [6, 6.07) is 5.04. The molecule has 1 N–H and O–H groups in total. The fourth-order valence-electron chi connectivity index (χ4n) is 5.21. The summed E-state index contributed by atoms with van der Waals surface area (Å²) in [5.41, 5.74) is -3.70. The van der Waals surface area contributed by atoms with Gasteiger partial charge in [0.2, 0.25) is 0 Å². The van der Waals surface area contributed by atoms with E-state index in [0.29, 0.717) is 15.6 Å². The molecule has 41 heavy (non-hydrogen) atoms. The Morgan fingerprint density at radius 2 is 1.49 bits per heavy atom. The highest BCUT2D eigenvalue weighted by atomic mass is 35.5. The Morgan fingerprint density at radius 1 is 0.902 bits per heavy atom. The predicted molar refractivity (Wildman–Crippen MR) is 158 cm³/mol. The number of hydrogen-bond donors (Lipinski definition) is 1. The van der Waals surface area contributed by atoms with Gasteiger partial charge in [-0.3, -0.25) is 4.79 Å². The number of carbonyl (C=O) groups excluding carboxylic acids is 3. The minimum atomic E-state index is -1.83. The Hall–Kier alpha value is -1.72. The minimum absolute atomic E-state index is 0.00683. The second kappa shape index (κ2) is 12.1. The number of carbonyl (C=O) groups is 3. The standard InChI is InChI=1S/C29H41Cl2NO8S/c1-26(2,3)37-23(33)19-18-20(19)29(24(34)38-27(4,5)6,32-25(35)39-28(7,8)9)22(21(18)40-41-10)36-14-15-11-12-16(30)17(31)13-15/h11-13,18-22H,14H2,1-10H3,(H,32,35). The first kappa shape index (κ1) is 33.8. The van der Waals surface area contributed by atoms with Crippen molar-refractivity contribution < 1.29 is 37.5 Å². The lowest BCUT2D eigenvalue weighted by molar-refractivity contribution is -0.177. The van der Waals surface area contributed by atoms with Gasteiger partial charge in [-0.05, 0) is 92.1 Å². The highest BCUT2D eigenvalue weighted by molar-refractivity contribution is 7.93. The molecule has 9 nitrogen and oxygen atoms in total. The molecular weight excluding hydrogens is 593 g/mol. The van der Waals surface area contributed by atoms with Gasteiger partial charge in [-0.25, -0.2) is 9.59 Å². The molecule has 2 fully saturated rings. The van der Waals surface area contributed by atoms with E-state index in [0.717, 1.165) is 12.0 Å². The van der Waals surface area contributed by atoms with E-state index < -0.39 is 70.3 Å². The first-order valence-corrected chi connectivity index (χ1v) is 15.3. The van der Waals surface area contributed by atoms with Crippen LogP contribution in [-0.4, -0.2) is 58.8 Å². The topological polar surface area (TPSA) is 109 Å². The molecule has 1 aromatic carbocycles. The zero-order valence-corrected chi connectivity index (χ0v) is 27.6. The minimum Gasteiger partial charge on any atom is -0.460 e. The van der Waals surface area contributed by atoms with Gasteiger partial charge in [0.05, 0.1) is 22.6 Å². The number of nitrogens with one attached hydrogen (secondary N) is 1. The fourth-order valence-corrected chi connectivity index (χ4v) is 5.99. The summed E-state index contributed by atoms with van der Waals surface area (Å²) >= 11 is 13.4. The molecule has 2 aliphatic carbocycles. The highest BCUT2D eigenvalue weighted by Gasteiger charge is 2.82. The summed E-state index contributed by atoms with van der Waals surface area (Å²) < 4.78 is 29.6. The van der Waals surface area contributed by atoms with Crippen LogP contribution in [0.4, 0.5) is 4.79 Å². The number of esters is 2. The largest absolute Gasteiger partial charge is 0.460 e. The lowest BCUT2D eigenvalue weighted by Gasteiger charge is -2.40. The van der Waals surface area contributed by atoms with Gasteiger partial charge < -0.3 is 28.4 Å². The van der Waals surface area contributed by atoms with Crippen LogP contribution in [0, 0.1) is 17.8 Å². The third-order valence-corrected chi connectivity index (χ3v) is 7.63. The van der Waals surface area contributed by atoms with Crippen molar-refractivity contribution >= 4 is 53.3 Å². The van der Waals surface area contributed by atoms with E-state index in [2.05, 4.69) is 5.32 Å². The maximum absolute atomic E-state index is 14.2. The zero-order valence-electron chi connectivity index (χ0n) is 25.3. The van der Waals surface area contributed by atoms with Crippen molar-refractivity contribution in [3.63, 3.8) is 0 Å². The SMILES string of the molecule is CSOC1C2C(C(=O)OC(C)(C)C)C2C(NC(=O)OC(C)(C)C)(C(=O)OC(C)(C)C)C1OCc1ccc(Cl)c(Cl)c1. The first-order valence-electron chi connectivity index (χ1n) is 13.4. The normalized spacial score (nSPS) is 27.6. The van der Waals surface area contributed by atoms with E-state index >= 15 is 0 Å². The number of amides is 1. The molecule has 0 bridgehead atoms. The maximum Gasteiger partial charge on any atom is 0.408 e. The van der Waals surface area contributed by atoms with Gasteiger partial charge in [-0.1, -0.05) is 29.3 Å². The molecule has 6 unspecified atom stereocenters. The van der Waals surface area contributed by atoms with Crippen LogP contribution in [0.1, 0.15) is 67.9 Å². The van der Waals surface area contributed by atoms with Crippen LogP contribution in [0.15, 0.2) is 18.2 Å². The summed E-state index contributed by atoms with van der Waals surface area (Å²) in [6.07, 6.45) is -0.965. The monoisotopic (exact) mass is 633 g/mol. The van der Waals surface area contributed by atoms with E-state index in [1.165, 1.54) is 0 Å². The van der Waals surface area contributed by atoms with Gasteiger partial charge in [-0.2, -0.15) is 0 Å². The number of rotatable bonds is 8. The van der Waals surface area contributed by atoms with E-state index in [1.807, 2.05) is 0 Å². The van der Waals surface area contributed by atoms with Crippen LogP contribution in [0.25, 0.3) is 0 Å².